The van der Waals surface area contributed by atoms with Crippen molar-refractivity contribution in [2.24, 2.45) is 0 Å². The smallest absolute Gasteiger partial charge is 0.111 e. The van der Waals surface area contributed by atoms with Crippen LogP contribution in [0, 0.1) is 6.92 Å². The molecule has 4 heteroatoms. The van der Waals surface area contributed by atoms with E-state index in [1.165, 1.54) is 0 Å². The number of aryl methyl sites for hydroxylation is 1. The van der Waals surface area contributed by atoms with Crippen LogP contribution in [0.2, 0.25) is 10.0 Å². The zero-order valence-electron chi connectivity index (χ0n) is 8.36. The van der Waals surface area contributed by atoms with E-state index < -0.39 is 0 Å². The average molecular weight is 231 g/mol. The van der Waals surface area contributed by atoms with Crippen molar-refractivity contribution in [3.8, 4) is 0 Å². The molecule has 0 bridgehead atoms. The average Bonchev–Trinajstić information content (AvgIpc) is 2.52. The van der Waals surface area contributed by atoms with Crippen LogP contribution in [0.15, 0.2) is 12.1 Å². The molecule has 0 aliphatic carbocycles. The first-order valence-electron chi connectivity index (χ1n) is 4.48. The summed E-state index contributed by atoms with van der Waals surface area (Å²) in [4.78, 5) is 0. The molecule has 2 nitrogen and oxygen atoms in total. The van der Waals surface area contributed by atoms with Crippen molar-refractivity contribution in [3.63, 3.8) is 0 Å². The third-order valence-corrected chi connectivity index (χ3v) is 2.27. The van der Waals surface area contributed by atoms with Crippen LogP contribution >= 0.6 is 23.2 Å². The summed E-state index contributed by atoms with van der Waals surface area (Å²) in [6, 6.07) is 3.54. The zero-order chi connectivity index (χ0) is 10.7. The van der Waals surface area contributed by atoms with Crippen LogP contribution in [0.4, 0.5) is 0 Å². The molecule has 0 amide bonds. The molecule has 14 heavy (non-hydrogen) atoms. The first kappa shape index (κ1) is 11.3. The van der Waals surface area contributed by atoms with E-state index in [1.54, 1.807) is 6.07 Å². The van der Waals surface area contributed by atoms with Gasteiger partial charge in [-0.2, -0.15) is 5.10 Å². The lowest BCUT2D eigenvalue weighted by molar-refractivity contribution is 1.07. The summed E-state index contributed by atoms with van der Waals surface area (Å²) in [5, 5.41) is 9.10. The summed E-state index contributed by atoms with van der Waals surface area (Å²) < 4.78 is 0. The molecule has 0 aliphatic rings. The van der Waals surface area contributed by atoms with Crippen LogP contribution < -0.4 is 0 Å². The number of nitrogens with one attached hydrogen (secondary N) is 1. The van der Waals surface area contributed by atoms with Crippen LogP contribution in [0.3, 0.4) is 0 Å². The Morgan fingerprint density at radius 2 is 1.86 bits per heavy atom. The van der Waals surface area contributed by atoms with E-state index in [9.17, 15) is 0 Å². The number of rotatable bonds is 0. The highest BCUT2D eigenvalue weighted by atomic mass is 35.5. The minimum absolute atomic E-state index is 0.585. The van der Waals surface area contributed by atoms with Crippen LogP contribution in [0.5, 0.6) is 0 Å². The Labute approximate surface area is 93.2 Å². The predicted octanol–water partition coefficient (Wildman–Crippen LogP) is 4.20. The fourth-order valence-corrected chi connectivity index (χ4v) is 1.70. The molecule has 2 rings (SSSR count). The largest absolute Gasteiger partial charge is 0.282 e. The fourth-order valence-electron chi connectivity index (χ4n) is 1.17. The van der Waals surface area contributed by atoms with Gasteiger partial charge in [0.05, 0.1) is 5.02 Å². The first-order valence-corrected chi connectivity index (χ1v) is 5.24. The number of fused-ring (bicyclic) bond motifs is 1. The number of benzene rings is 1. The second-order valence-corrected chi connectivity index (χ2v) is 3.48. The summed E-state index contributed by atoms with van der Waals surface area (Å²) in [7, 11) is 0. The summed E-state index contributed by atoms with van der Waals surface area (Å²) in [6.45, 7) is 5.93. The van der Waals surface area contributed by atoms with Gasteiger partial charge in [-0.3, -0.25) is 5.10 Å². The molecule has 1 aromatic carbocycles. The molecule has 1 N–H and O–H groups in total. The third kappa shape index (κ3) is 2.02. The van der Waals surface area contributed by atoms with E-state index in [1.807, 2.05) is 26.8 Å². The molecule has 0 radical (unpaired) electrons. The summed E-state index contributed by atoms with van der Waals surface area (Å²) >= 11 is 11.7. The molecule has 2 aromatic rings. The van der Waals surface area contributed by atoms with Gasteiger partial charge in [0.2, 0.25) is 0 Å². The first-order chi connectivity index (χ1) is 6.68. The quantitative estimate of drug-likeness (QED) is 0.722. The molecular formula is C10H12Cl2N2. The minimum Gasteiger partial charge on any atom is -0.282 e. The summed E-state index contributed by atoms with van der Waals surface area (Å²) in [5.41, 5.74) is 1.76. The van der Waals surface area contributed by atoms with Crippen molar-refractivity contribution in [2.45, 2.75) is 20.8 Å². The van der Waals surface area contributed by atoms with Gasteiger partial charge in [0.1, 0.15) is 5.52 Å². The second kappa shape index (κ2) is 4.67. The third-order valence-electron chi connectivity index (χ3n) is 1.77. The van der Waals surface area contributed by atoms with Gasteiger partial charge in [-0.25, -0.2) is 0 Å². The standard InChI is InChI=1S/C8H6Cl2N2.C2H6/c1-4-6-2-5(9)3-7(10)8(6)12-11-4;1-2/h2-3H,1H3,(H,11,12);1-2H3. The van der Waals surface area contributed by atoms with Gasteiger partial charge in [-0.05, 0) is 19.1 Å². The number of aromatic amines is 1. The van der Waals surface area contributed by atoms with Crippen molar-refractivity contribution in [1.29, 1.82) is 0 Å². The number of nitrogens with zero attached hydrogens (tertiary/aromatic N) is 1. The fraction of sp³-hybridized carbons (Fsp3) is 0.300. The summed E-state index contributed by atoms with van der Waals surface area (Å²) in [5.74, 6) is 0. The van der Waals surface area contributed by atoms with Crippen LogP contribution in [-0.2, 0) is 0 Å². The van der Waals surface area contributed by atoms with Gasteiger partial charge in [0, 0.05) is 16.1 Å². The number of hydrogen-bond acceptors (Lipinski definition) is 1. The number of aromatic nitrogens is 2. The van der Waals surface area contributed by atoms with E-state index in [0.717, 1.165) is 16.6 Å². The number of H-pyrrole nitrogens is 1. The molecule has 0 aliphatic heterocycles. The van der Waals surface area contributed by atoms with E-state index in [4.69, 9.17) is 23.2 Å². The second-order valence-electron chi connectivity index (χ2n) is 2.63. The van der Waals surface area contributed by atoms with Crippen molar-refractivity contribution in [3.05, 3.63) is 27.9 Å². The topological polar surface area (TPSA) is 28.7 Å². The Morgan fingerprint density at radius 1 is 1.21 bits per heavy atom. The van der Waals surface area contributed by atoms with E-state index in [2.05, 4.69) is 10.2 Å². The number of hydrogen-bond donors (Lipinski definition) is 1. The Kier molecular flexibility index (Phi) is 3.78. The highest BCUT2D eigenvalue weighted by Crippen LogP contribution is 2.27. The zero-order valence-corrected chi connectivity index (χ0v) is 9.87. The van der Waals surface area contributed by atoms with Crippen molar-refractivity contribution < 1.29 is 0 Å². The maximum Gasteiger partial charge on any atom is 0.111 e. The summed E-state index contributed by atoms with van der Waals surface area (Å²) in [6.07, 6.45) is 0. The Hall–Kier alpha value is -0.730. The predicted molar refractivity (Wildman–Crippen MR) is 62.2 cm³/mol. The van der Waals surface area contributed by atoms with Gasteiger partial charge in [-0.1, -0.05) is 37.0 Å². The molecule has 76 valence electrons. The normalized spacial score (nSPS) is 9.79. The number of halogens is 2. The van der Waals surface area contributed by atoms with Gasteiger partial charge in [0.25, 0.3) is 0 Å². The van der Waals surface area contributed by atoms with Crippen LogP contribution in [-0.4, -0.2) is 10.2 Å². The maximum absolute atomic E-state index is 5.91. The maximum atomic E-state index is 5.91. The molecule has 0 unspecified atom stereocenters. The highest BCUT2D eigenvalue weighted by Gasteiger charge is 2.06. The monoisotopic (exact) mass is 230 g/mol. The highest BCUT2D eigenvalue weighted by molar-refractivity contribution is 6.38. The molecule has 0 atom stereocenters. The molecule has 1 aromatic heterocycles. The molecule has 0 fully saturated rings. The van der Waals surface area contributed by atoms with Crippen LogP contribution in [0.25, 0.3) is 10.9 Å². The Bertz CT molecular complexity index is 435. The minimum atomic E-state index is 0.585. The van der Waals surface area contributed by atoms with Gasteiger partial charge >= 0.3 is 0 Å². The van der Waals surface area contributed by atoms with Crippen molar-refractivity contribution in [1.82, 2.24) is 10.2 Å². The SMILES string of the molecule is CC.Cc1[nH]nc2c(Cl)cc(Cl)cc12. The van der Waals surface area contributed by atoms with Gasteiger partial charge in [-0.15, -0.1) is 0 Å². The lowest BCUT2D eigenvalue weighted by Gasteiger charge is -1.93. The van der Waals surface area contributed by atoms with E-state index in [-0.39, 0.29) is 0 Å². The Morgan fingerprint density at radius 3 is 2.50 bits per heavy atom. The molecule has 0 saturated carbocycles. The van der Waals surface area contributed by atoms with Gasteiger partial charge < -0.3 is 0 Å². The van der Waals surface area contributed by atoms with E-state index >= 15 is 0 Å². The molecular weight excluding hydrogens is 219 g/mol. The molecule has 0 spiro atoms. The Balaban J connectivity index is 0.000000461. The van der Waals surface area contributed by atoms with Crippen molar-refractivity contribution in [2.75, 3.05) is 0 Å². The lowest BCUT2D eigenvalue weighted by atomic mass is 10.2. The molecule has 1 heterocycles. The lowest BCUT2D eigenvalue weighted by Crippen LogP contribution is -1.72. The van der Waals surface area contributed by atoms with Crippen LogP contribution in [0.1, 0.15) is 19.5 Å². The molecule has 0 saturated heterocycles. The van der Waals surface area contributed by atoms with Crippen molar-refractivity contribution >= 4 is 34.1 Å². The van der Waals surface area contributed by atoms with Gasteiger partial charge in [0.15, 0.2) is 0 Å². The van der Waals surface area contributed by atoms with E-state index in [0.29, 0.717) is 10.0 Å².